The molecule has 10 heteroatoms. The molecule has 1 spiro atoms. The van der Waals surface area contributed by atoms with Gasteiger partial charge in [-0.1, -0.05) is 0 Å². The Bertz CT molecular complexity index is 765. The second kappa shape index (κ2) is 6.24. The Morgan fingerprint density at radius 3 is 2.41 bits per heavy atom. The van der Waals surface area contributed by atoms with Gasteiger partial charge < -0.3 is 14.2 Å². The molecule has 0 aromatic carbocycles. The summed E-state index contributed by atoms with van der Waals surface area (Å²) in [5, 5.41) is -0.673. The molecule has 4 aliphatic carbocycles. The van der Waals surface area contributed by atoms with E-state index in [1.54, 1.807) is 23.5 Å². The number of hydrogen-bond donors (Lipinski definition) is 0. The molecule has 4 bridgehead atoms. The Kier molecular flexibility index (Phi) is 4.29. The quantitative estimate of drug-likeness (QED) is 0.610. The van der Waals surface area contributed by atoms with Crippen molar-refractivity contribution in [1.82, 2.24) is 0 Å². The van der Waals surface area contributed by atoms with Crippen LogP contribution in [-0.2, 0) is 28.6 Å². The number of carbonyl (C=O) groups excluding carboxylic acids is 3. The van der Waals surface area contributed by atoms with Gasteiger partial charge in [-0.3, -0.25) is 9.59 Å². The fourth-order valence-corrected chi connectivity index (χ4v) is 10.5. The Morgan fingerprint density at radius 2 is 1.83 bits per heavy atom. The van der Waals surface area contributed by atoms with E-state index in [0.717, 1.165) is 12.8 Å². The van der Waals surface area contributed by atoms with Crippen molar-refractivity contribution in [2.24, 2.45) is 17.8 Å². The summed E-state index contributed by atoms with van der Waals surface area (Å²) in [7, 11) is 0. The minimum atomic E-state index is -3.50. The van der Waals surface area contributed by atoms with Crippen LogP contribution in [0.2, 0.25) is 0 Å². The number of cyclic esters (lactones) is 1. The third kappa shape index (κ3) is 2.99. The van der Waals surface area contributed by atoms with E-state index in [1.807, 2.05) is 0 Å². The lowest BCUT2D eigenvalue weighted by Crippen LogP contribution is -2.62. The van der Waals surface area contributed by atoms with E-state index >= 15 is 0 Å². The van der Waals surface area contributed by atoms with Crippen LogP contribution >= 0.6 is 23.5 Å². The standard InChI is InChI=1S/C19H22F2O6S2/c1-8(22)25-15-13-12(14(23)26-15)28-19(29-13)10-3-9-4-11(19)7-18(5-9,6-10)27-16(24)17(2,20)21/h9-13,15H,3-7H2,1-2H3. The number of fused-ring (bicyclic) bond motifs is 1. The van der Waals surface area contributed by atoms with Crippen molar-refractivity contribution < 1.29 is 37.4 Å². The number of ether oxygens (including phenoxy) is 3. The topological polar surface area (TPSA) is 78.9 Å². The SMILES string of the molecule is CC(=O)OC1OC(=O)C2SC3(SC12)C1CC2CC3CC(OC(=O)C(C)(F)F)(C2)C1. The van der Waals surface area contributed by atoms with Gasteiger partial charge in [-0.05, 0) is 49.9 Å². The van der Waals surface area contributed by atoms with Gasteiger partial charge in [-0.15, -0.1) is 23.5 Å². The first-order chi connectivity index (χ1) is 13.5. The lowest BCUT2D eigenvalue weighted by atomic mass is 9.53. The zero-order chi connectivity index (χ0) is 20.8. The molecule has 6 aliphatic rings. The highest BCUT2D eigenvalue weighted by Gasteiger charge is 2.71. The molecule has 160 valence electrons. The lowest BCUT2D eigenvalue weighted by molar-refractivity contribution is -0.208. The van der Waals surface area contributed by atoms with Crippen molar-refractivity contribution in [2.45, 2.75) is 78.3 Å². The van der Waals surface area contributed by atoms with Crippen LogP contribution in [-0.4, -0.2) is 50.3 Å². The van der Waals surface area contributed by atoms with Crippen molar-refractivity contribution in [2.75, 3.05) is 0 Å². The second-order valence-electron chi connectivity index (χ2n) is 9.06. The normalized spacial score (nSPS) is 47.2. The molecular formula is C19H22F2O6S2. The van der Waals surface area contributed by atoms with Gasteiger partial charge in [0, 0.05) is 13.8 Å². The molecular weight excluding hydrogens is 426 g/mol. The van der Waals surface area contributed by atoms with Crippen LogP contribution in [0.25, 0.3) is 0 Å². The first-order valence-electron chi connectivity index (χ1n) is 9.86. The third-order valence-corrected chi connectivity index (χ3v) is 11.2. The zero-order valence-electron chi connectivity index (χ0n) is 16.0. The third-order valence-electron chi connectivity index (χ3n) is 6.88. The van der Waals surface area contributed by atoms with E-state index < -0.39 is 35.0 Å². The summed E-state index contributed by atoms with van der Waals surface area (Å²) in [5.41, 5.74) is -0.826. The maximum atomic E-state index is 13.5. The van der Waals surface area contributed by atoms with E-state index in [2.05, 4.69) is 0 Å². The van der Waals surface area contributed by atoms with Gasteiger partial charge in [0.05, 0.1) is 4.08 Å². The van der Waals surface area contributed by atoms with E-state index in [4.69, 9.17) is 14.2 Å². The average Bonchev–Trinajstić information content (AvgIpc) is 3.10. The van der Waals surface area contributed by atoms with Gasteiger partial charge in [0.1, 0.15) is 16.1 Å². The summed E-state index contributed by atoms with van der Waals surface area (Å²) in [6.07, 6.45) is 2.70. The Morgan fingerprint density at radius 1 is 1.17 bits per heavy atom. The van der Waals surface area contributed by atoms with Gasteiger partial charge in [0.2, 0.25) is 0 Å². The molecule has 5 unspecified atom stereocenters. The largest absolute Gasteiger partial charge is 0.455 e. The van der Waals surface area contributed by atoms with Gasteiger partial charge >= 0.3 is 23.8 Å². The van der Waals surface area contributed by atoms with E-state index in [-0.39, 0.29) is 27.1 Å². The molecule has 2 aliphatic heterocycles. The zero-order valence-corrected chi connectivity index (χ0v) is 17.7. The summed E-state index contributed by atoms with van der Waals surface area (Å²) in [6, 6.07) is 0. The monoisotopic (exact) mass is 448 g/mol. The highest BCUT2D eigenvalue weighted by Crippen LogP contribution is 2.73. The molecule has 0 amide bonds. The first kappa shape index (κ1) is 19.9. The molecule has 6 rings (SSSR count). The summed E-state index contributed by atoms with van der Waals surface area (Å²) in [6.45, 7) is 1.86. The van der Waals surface area contributed by atoms with Crippen LogP contribution in [0.5, 0.6) is 0 Å². The fourth-order valence-electron chi connectivity index (χ4n) is 6.10. The van der Waals surface area contributed by atoms with Crippen molar-refractivity contribution >= 4 is 41.4 Å². The van der Waals surface area contributed by atoms with Crippen LogP contribution in [0.15, 0.2) is 0 Å². The van der Waals surface area contributed by atoms with Crippen molar-refractivity contribution in [1.29, 1.82) is 0 Å². The highest BCUT2D eigenvalue weighted by atomic mass is 32.2. The molecule has 0 aromatic rings. The lowest BCUT2D eigenvalue weighted by Gasteiger charge is -2.63. The molecule has 0 N–H and O–H groups in total. The van der Waals surface area contributed by atoms with E-state index in [1.165, 1.54) is 6.92 Å². The van der Waals surface area contributed by atoms with Crippen LogP contribution in [0.1, 0.15) is 46.0 Å². The molecule has 2 heterocycles. The fraction of sp³-hybridized carbons (Fsp3) is 0.842. The number of halogens is 2. The Balaban J connectivity index is 1.39. The number of alkyl halides is 2. The predicted octanol–water partition coefficient (Wildman–Crippen LogP) is 3.12. The molecule has 4 saturated carbocycles. The minimum Gasteiger partial charge on any atom is -0.455 e. The highest BCUT2D eigenvalue weighted by molar-refractivity contribution is 8.22. The summed E-state index contributed by atoms with van der Waals surface area (Å²) in [4.78, 5) is 35.7. The summed E-state index contributed by atoms with van der Waals surface area (Å²) in [5.74, 6) is -5.17. The van der Waals surface area contributed by atoms with Crippen LogP contribution in [0.4, 0.5) is 8.78 Å². The smallest absolute Gasteiger partial charge is 0.377 e. The average molecular weight is 449 g/mol. The van der Waals surface area contributed by atoms with Crippen molar-refractivity contribution in [3.63, 3.8) is 0 Å². The molecule has 6 nitrogen and oxygen atoms in total. The molecule has 6 fully saturated rings. The van der Waals surface area contributed by atoms with E-state index in [0.29, 0.717) is 32.1 Å². The van der Waals surface area contributed by atoms with Gasteiger partial charge in [-0.25, -0.2) is 4.79 Å². The summed E-state index contributed by atoms with van der Waals surface area (Å²) < 4.78 is 42.6. The molecule has 2 saturated heterocycles. The molecule has 29 heavy (non-hydrogen) atoms. The van der Waals surface area contributed by atoms with Gasteiger partial charge in [-0.2, -0.15) is 8.78 Å². The van der Waals surface area contributed by atoms with Crippen LogP contribution in [0.3, 0.4) is 0 Å². The molecule has 0 aromatic heterocycles. The van der Waals surface area contributed by atoms with E-state index in [9.17, 15) is 23.2 Å². The van der Waals surface area contributed by atoms with Gasteiger partial charge in [0.25, 0.3) is 6.29 Å². The second-order valence-corrected chi connectivity index (χ2v) is 12.2. The molecule has 5 atom stereocenters. The number of carbonyl (C=O) groups is 3. The Labute approximate surface area is 175 Å². The first-order valence-corrected chi connectivity index (χ1v) is 11.6. The number of thioether (sulfide) groups is 2. The van der Waals surface area contributed by atoms with Crippen LogP contribution < -0.4 is 0 Å². The van der Waals surface area contributed by atoms with Crippen molar-refractivity contribution in [3.05, 3.63) is 0 Å². The summed E-state index contributed by atoms with van der Waals surface area (Å²) >= 11 is 3.24. The Hall–Kier alpha value is -1.03. The van der Waals surface area contributed by atoms with Crippen LogP contribution in [0, 0.1) is 17.8 Å². The number of esters is 3. The minimum absolute atomic E-state index is 0.151. The van der Waals surface area contributed by atoms with Gasteiger partial charge in [0.15, 0.2) is 0 Å². The molecule has 0 radical (unpaired) electrons. The number of rotatable bonds is 3. The number of hydrogen-bond acceptors (Lipinski definition) is 8. The maximum Gasteiger partial charge on any atom is 0.377 e. The predicted molar refractivity (Wildman–Crippen MR) is 100 cm³/mol. The maximum absolute atomic E-state index is 13.5. The van der Waals surface area contributed by atoms with Crippen molar-refractivity contribution in [3.8, 4) is 0 Å².